The van der Waals surface area contributed by atoms with E-state index in [-0.39, 0.29) is 0 Å². The second-order valence-corrected chi connectivity index (χ2v) is 32.6. The van der Waals surface area contributed by atoms with E-state index in [1.807, 2.05) is 6.21 Å². The highest BCUT2D eigenvalue weighted by atomic mass is 15.2. The molecule has 2 saturated carbocycles. The number of anilines is 1. The van der Waals surface area contributed by atoms with Crippen LogP contribution in [0.5, 0.6) is 0 Å². The Balaban J connectivity index is 0.000000150. The van der Waals surface area contributed by atoms with E-state index in [2.05, 4.69) is 275 Å². The minimum absolute atomic E-state index is 0.587. The van der Waals surface area contributed by atoms with Crippen molar-refractivity contribution in [3.8, 4) is 0 Å². The van der Waals surface area contributed by atoms with E-state index in [4.69, 9.17) is 0 Å². The first-order chi connectivity index (χ1) is 41.1. The summed E-state index contributed by atoms with van der Waals surface area (Å²) >= 11 is 0. The predicted molar refractivity (Wildman–Crippen MR) is 383 cm³/mol. The maximum Gasteiger partial charge on any atom is 0.0667 e. The first-order valence-electron chi connectivity index (χ1n) is 36.4. The predicted octanol–water partition coefficient (Wildman–Crippen LogP) is 19.6. The summed E-state index contributed by atoms with van der Waals surface area (Å²) in [7, 11) is 0. The van der Waals surface area contributed by atoms with Crippen LogP contribution in [0, 0.1) is 82.9 Å². The van der Waals surface area contributed by atoms with Crippen LogP contribution in [0.3, 0.4) is 0 Å². The molecule has 0 N–H and O–H groups in total. The van der Waals surface area contributed by atoms with Crippen molar-refractivity contribution < 1.29 is 0 Å². The van der Waals surface area contributed by atoms with E-state index in [0.717, 1.165) is 101 Å². The third-order valence-electron chi connectivity index (χ3n) is 22.7. The molecule has 0 radical (unpaired) electrons. The largest absolute Gasteiger partial charge is 0.369 e. The van der Waals surface area contributed by atoms with Crippen LogP contribution in [0.2, 0.25) is 0 Å². The van der Waals surface area contributed by atoms with Gasteiger partial charge in [0.2, 0.25) is 0 Å². The van der Waals surface area contributed by atoms with Gasteiger partial charge in [0.1, 0.15) is 0 Å². The number of piperidine rings is 4. The summed E-state index contributed by atoms with van der Waals surface area (Å²) in [5.74, 6) is 14.9. The van der Waals surface area contributed by atoms with Crippen LogP contribution in [0.15, 0.2) is 83.9 Å². The number of rotatable bonds is 12. The average molecular weight is 1190 g/mol. The zero-order chi connectivity index (χ0) is 63.9. The number of aryl methyl sites for hydroxylation is 1. The quantitative estimate of drug-likeness (QED) is 0.211. The topological polar surface area (TPSA) is 28.6 Å². The van der Waals surface area contributed by atoms with Crippen LogP contribution < -0.4 is 4.90 Å². The number of likely N-dealkylation sites (tertiary alicyclic amines) is 4. The lowest BCUT2D eigenvalue weighted by Gasteiger charge is -2.47. The van der Waals surface area contributed by atoms with Gasteiger partial charge < -0.3 is 14.7 Å². The van der Waals surface area contributed by atoms with Crippen LogP contribution in [-0.4, -0.2) is 114 Å². The van der Waals surface area contributed by atoms with E-state index < -0.39 is 0 Å². The normalized spacial score (nSPS) is 29.4. The van der Waals surface area contributed by atoms with E-state index in [9.17, 15) is 0 Å². The standard InChI is InChI=1S/C15H23N.2C15H25N.C14H19N.2C11H21N/c1-11(2)14-8-7-13-6-5-9-16(12(3)4)15(13)10-14;1-11(2)14-9-13-7-5-6-8-15(13)16(10-14)12(3)4;1-11(2)13-9-10-16(12(3)4)15-8-6-5-7-14(13)15;1-9(2)11-7-13(10(3)4)12-5-6-15-14(12)8-11;2*1-7(2)11-9-5-12(8(3)4)6-10(9)11/h7-8,10-12H,5-6,9H2,1-4H3;2*5-8,11-15H,9-10H2,1-4H3;6-10H,5H2,1-4H3;2*7-11H,5-6H2,1-4H3. The summed E-state index contributed by atoms with van der Waals surface area (Å²) in [5, 5.41) is 0. The van der Waals surface area contributed by atoms with Gasteiger partial charge in [-0.2, -0.15) is 0 Å². The smallest absolute Gasteiger partial charge is 0.0667 e. The first kappa shape index (κ1) is 71.2. The molecule has 10 atom stereocenters. The van der Waals surface area contributed by atoms with Crippen molar-refractivity contribution in [2.75, 3.05) is 50.7 Å². The average Bonchev–Trinajstić information content (AvgIpc) is 1.61. The van der Waals surface area contributed by atoms with E-state index in [1.165, 1.54) is 111 Å². The lowest BCUT2D eigenvalue weighted by molar-refractivity contribution is 0.0532. The summed E-state index contributed by atoms with van der Waals surface area (Å²) in [5.41, 5.74) is 10.0. The minimum Gasteiger partial charge on any atom is -0.369 e. The fraction of sp³-hybridized carbons (Fsp3) is 0.741. The molecule has 6 aliphatic heterocycles. The molecule has 0 amide bonds. The fourth-order valence-electron chi connectivity index (χ4n) is 17.1. The van der Waals surface area contributed by atoms with Crippen LogP contribution in [0.25, 0.3) is 0 Å². The molecule has 0 spiro atoms. The van der Waals surface area contributed by atoms with Gasteiger partial charge >= 0.3 is 0 Å². The van der Waals surface area contributed by atoms with Crippen molar-refractivity contribution in [1.29, 1.82) is 0 Å². The van der Waals surface area contributed by atoms with Crippen molar-refractivity contribution in [3.05, 3.63) is 107 Å². The monoisotopic (exact) mass is 1190 g/mol. The molecular formula is C81H134N6. The molecule has 10 unspecified atom stereocenters. The van der Waals surface area contributed by atoms with E-state index in [0.29, 0.717) is 48.0 Å². The maximum atomic E-state index is 4.46. The van der Waals surface area contributed by atoms with Crippen molar-refractivity contribution in [2.45, 2.75) is 258 Å². The number of nitrogens with zero attached hydrogens (tertiary/aromatic N) is 6. The zero-order valence-corrected chi connectivity index (χ0v) is 60.6. The molecule has 6 heteroatoms. The van der Waals surface area contributed by atoms with Crippen molar-refractivity contribution >= 4 is 17.6 Å². The van der Waals surface area contributed by atoms with E-state index >= 15 is 0 Å². The second kappa shape index (κ2) is 31.8. The molecule has 2 aromatic carbocycles. The molecule has 0 aromatic heterocycles. The summed E-state index contributed by atoms with van der Waals surface area (Å²) < 4.78 is 0. The summed E-state index contributed by atoms with van der Waals surface area (Å²) in [6.45, 7) is 64.9. The Morgan fingerprint density at radius 2 is 1.01 bits per heavy atom. The number of aliphatic imine (C=N–C) groups is 1. The number of allylic oxidation sites excluding steroid dienone is 4. The Morgan fingerprint density at radius 1 is 0.471 bits per heavy atom. The Hall–Kier alpha value is -3.29. The van der Waals surface area contributed by atoms with E-state index in [1.54, 1.807) is 0 Å². The number of hydrogen-bond donors (Lipinski definition) is 0. The minimum atomic E-state index is 0.587. The Morgan fingerprint density at radius 3 is 1.49 bits per heavy atom. The molecule has 6 nitrogen and oxygen atoms in total. The van der Waals surface area contributed by atoms with Crippen molar-refractivity contribution in [1.82, 2.24) is 19.6 Å². The summed E-state index contributed by atoms with van der Waals surface area (Å²) in [6.07, 6.45) is 26.8. The molecule has 4 aliphatic carbocycles. The first-order valence-corrected chi connectivity index (χ1v) is 36.4. The van der Waals surface area contributed by atoms with Crippen LogP contribution in [0.4, 0.5) is 11.4 Å². The van der Waals surface area contributed by atoms with Gasteiger partial charge in [-0.05, 0) is 242 Å². The lowest BCUT2D eigenvalue weighted by atomic mass is 9.72. The van der Waals surface area contributed by atoms with Crippen LogP contribution >= 0.6 is 0 Å². The molecule has 12 rings (SSSR count). The molecule has 10 aliphatic rings. The SMILES string of the molecule is CC(C)C1C2CN(C(C)C)CC21.CC(C)C1C2CN(C(C)C)CC21.CC(C)C1CC2C=CC=CC2N(C(C)C)C1.CC(C)C1CCN(C(C)C)C2C=CC=CC12.CC(C)c1cc2c(c(C(C)C)c1)CC=N2.CC(C)c1ccc2c(c1)N(C(C)C)CCC2. The van der Waals surface area contributed by atoms with Crippen molar-refractivity contribution in [3.63, 3.8) is 0 Å². The highest BCUT2D eigenvalue weighted by Crippen LogP contribution is 2.56. The number of benzene rings is 2. The third kappa shape index (κ3) is 18.1. The zero-order valence-electron chi connectivity index (χ0n) is 60.6. The van der Waals surface area contributed by atoms with Gasteiger partial charge in [0.05, 0.1) is 5.69 Å². The van der Waals surface area contributed by atoms with Gasteiger partial charge in [0.25, 0.3) is 0 Å². The summed E-state index contributed by atoms with van der Waals surface area (Å²) in [4.78, 5) is 17.6. The van der Waals surface area contributed by atoms with Gasteiger partial charge in [-0.3, -0.25) is 14.8 Å². The lowest BCUT2D eigenvalue weighted by Crippen LogP contribution is -2.51. The number of fused-ring (bicyclic) bond motifs is 6. The van der Waals surface area contributed by atoms with Gasteiger partial charge in [0.15, 0.2) is 0 Å². The van der Waals surface area contributed by atoms with Crippen LogP contribution in [0.1, 0.15) is 231 Å². The van der Waals surface area contributed by atoms with Gasteiger partial charge in [-0.1, -0.05) is 164 Å². The molecule has 4 saturated heterocycles. The van der Waals surface area contributed by atoms with Crippen LogP contribution in [-0.2, 0) is 12.8 Å². The maximum absolute atomic E-state index is 4.46. The Kier molecular flexibility index (Phi) is 26.0. The van der Waals surface area contributed by atoms with Gasteiger partial charge in [-0.15, -0.1) is 0 Å². The third-order valence-corrected chi connectivity index (χ3v) is 22.7. The summed E-state index contributed by atoms with van der Waals surface area (Å²) in [6, 6.07) is 16.4. The fourth-order valence-corrected chi connectivity index (χ4v) is 17.1. The molecule has 488 valence electrons. The Labute approximate surface area is 538 Å². The second-order valence-electron chi connectivity index (χ2n) is 32.6. The molecule has 0 bridgehead atoms. The molecule has 6 fully saturated rings. The molecule has 87 heavy (non-hydrogen) atoms. The molecule has 2 aromatic rings. The highest BCUT2D eigenvalue weighted by molar-refractivity contribution is 5.77. The highest BCUT2D eigenvalue weighted by Gasteiger charge is 2.57. The molecule has 6 heterocycles. The molecular weight excluding hydrogens is 1060 g/mol. The van der Waals surface area contributed by atoms with Crippen molar-refractivity contribution in [2.24, 2.45) is 87.8 Å². The number of hydrogen-bond acceptors (Lipinski definition) is 6. The Bertz CT molecular complexity index is 2480. The van der Waals surface area contributed by atoms with Gasteiger partial charge in [-0.25, -0.2) is 0 Å². The van der Waals surface area contributed by atoms with Gasteiger partial charge in [0, 0.05) is 99.9 Å².